The summed E-state index contributed by atoms with van der Waals surface area (Å²) in [6.45, 7) is 0.742. The van der Waals surface area contributed by atoms with Crippen LogP contribution in [0.2, 0.25) is 5.02 Å². The molecule has 0 fully saturated rings. The van der Waals surface area contributed by atoms with Gasteiger partial charge < -0.3 is 4.74 Å². The summed E-state index contributed by atoms with van der Waals surface area (Å²) in [6, 6.07) is 12.4. The monoisotopic (exact) mass is 328 g/mol. The fourth-order valence-corrected chi connectivity index (χ4v) is 2.12. The molecule has 2 aromatic rings. The maximum atomic E-state index is 13.3. The summed E-state index contributed by atoms with van der Waals surface area (Å²) >= 11 is 9.21. The van der Waals surface area contributed by atoms with Crippen molar-refractivity contribution in [3.8, 4) is 0 Å². The minimum absolute atomic E-state index is 0.283. The first kappa shape index (κ1) is 13.5. The van der Waals surface area contributed by atoms with Crippen molar-refractivity contribution in [1.29, 1.82) is 0 Å². The fourth-order valence-electron chi connectivity index (χ4n) is 1.55. The van der Waals surface area contributed by atoms with Gasteiger partial charge in [-0.05, 0) is 39.2 Å². The smallest absolute Gasteiger partial charge is 0.137 e. The zero-order valence-electron chi connectivity index (χ0n) is 9.50. The third-order valence-corrected chi connectivity index (χ3v) is 3.76. The summed E-state index contributed by atoms with van der Waals surface area (Å²) in [5.74, 6) is -0.283. The number of hydrogen-bond donors (Lipinski definition) is 0. The molecule has 0 spiro atoms. The highest BCUT2D eigenvalue weighted by molar-refractivity contribution is 9.10. The van der Waals surface area contributed by atoms with Crippen LogP contribution >= 0.6 is 27.5 Å². The molecule has 0 amide bonds. The second kappa shape index (κ2) is 6.32. The van der Waals surface area contributed by atoms with Crippen molar-refractivity contribution < 1.29 is 9.13 Å². The average molecular weight is 330 g/mol. The van der Waals surface area contributed by atoms with Crippen LogP contribution in [-0.2, 0) is 18.0 Å². The predicted octanol–water partition coefficient (Wildman–Crippen LogP) is 4.96. The van der Waals surface area contributed by atoms with E-state index in [1.54, 1.807) is 6.07 Å². The lowest BCUT2D eigenvalue weighted by Gasteiger charge is -2.08. The second-order valence-corrected chi connectivity index (χ2v) is 5.00. The van der Waals surface area contributed by atoms with Gasteiger partial charge in [-0.15, -0.1) is 0 Å². The van der Waals surface area contributed by atoms with Gasteiger partial charge in [0.1, 0.15) is 5.82 Å². The van der Waals surface area contributed by atoms with E-state index < -0.39 is 0 Å². The lowest BCUT2D eigenvalue weighted by Crippen LogP contribution is -1.96. The van der Waals surface area contributed by atoms with Gasteiger partial charge in [0.25, 0.3) is 0 Å². The van der Waals surface area contributed by atoms with Crippen molar-refractivity contribution in [3.63, 3.8) is 0 Å². The Morgan fingerprint density at radius 2 is 1.67 bits per heavy atom. The van der Waals surface area contributed by atoms with Crippen LogP contribution < -0.4 is 0 Å². The lowest BCUT2D eigenvalue weighted by atomic mass is 10.2. The molecule has 0 atom stereocenters. The summed E-state index contributed by atoms with van der Waals surface area (Å²) in [5.41, 5.74) is 1.70. The summed E-state index contributed by atoms with van der Waals surface area (Å²) in [6.07, 6.45) is 0. The van der Waals surface area contributed by atoms with Gasteiger partial charge in [0.2, 0.25) is 0 Å². The Morgan fingerprint density at radius 3 is 2.44 bits per heavy atom. The number of hydrogen-bond acceptors (Lipinski definition) is 1. The van der Waals surface area contributed by atoms with Gasteiger partial charge in [-0.3, -0.25) is 0 Å². The van der Waals surface area contributed by atoms with E-state index in [4.69, 9.17) is 16.3 Å². The highest BCUT2D eigenvalue weighted by Gasteiger charge is 2.05. The topological polar surface area (TPSA) is 9.23 Å². The van der Waals surface area contributed by atoms with Gasteiger partial charge in [0.15, 0.2) is 0 Å². The van der Waals surface area contributed by atoms with Crippen LogP contribution in [0.4, 0.5) is 4.39 Å². The molecule has 0 N–H and O–H groups in total. The molecular weight excluding hydrogens is 319 g/mol. The highest BCUT2D eigenvalue weighted by atomic mass is 79.9. The zero-order chi connectivity index (χ0) is 13.0. The number of halogens is 3. The maximum Gasteiger partial charge on any atom is 0.137 e. The van der Waals surface area contributed by atoms with Crippen LogP contribution in [0.15, 0.2) is 46.9 Å². The largest absolute Gasteiger partial charge is 0.372 e. The van der Waals surface area contributed by atoms with E-state index in [-0.39, 0.29) is 5.82 Å². The summed E-state index contributed by atoms with van der Waals surface area (Å²) < 4.78 is 19.3. The normalized spacial score (nSPS) is 10.6. The van der Waals surface area contributed by atoms with Crippen LogP contribution in [-0.4, -0.2) is 0 Å². The van der Waals surface area contributed by atoms with Crippen LogP contribution in [0, 0.1) is 5.82 Å². The van der Waals surface area contributed by atoms with Crippen LogP contribution in [0.5, 0.6) is 0 Å². The van der Waals surface area contributed by atoms with Crippen LogP contribution in [0.1, 0.15) is 11.1 Å². The van der Waals surface area contributed by atoms with Crippen molar-refractivity contribution in [3.05, 3.63) is 68.9 Å². The van der Waals surface area contributed by atoms with Crippen molar-refractivity contribution in [1.82, 2.24) is 0 Å². The van der Waals surface area contributed by atoms with Crippen molar-refractivity contribution in [2.75, 3.05) is 0 Å². The van der Waals surface area contributed by atoms with E-state index in [0.717, 1.165) is 11.1 Å². The Morgan fingerprint density at radius 1 is 1.00 bits per heavy atom. The first-order valence-electron chi connectivity index (χ1n) is 5.42. The third-order valence-electron chi connectivity index (χ3n) is 2.50. The van der Waals surface area contributed by atoms with E-state index >= 15 is 0 Å². The molecule has 0 saturated carbocycles. The minimum atomic E-state index is -0.283. The second-order valence-electron chi connectivity index (χ2n) is 3.80. The molecule has 18 heavy (non-hydrogen) atoms. The number of rotatable bonds is 4. The van der Waals surface area contributed by atoms with Crippen molar-refractivity contribution in [2.45, 2.75) is 13.2 Å². The first-order valence-corrected chi connectivity index (χ1v) is 6.59. The van der Waals surface area contributed by atoms with E-state index in [0.29, 0.717) is 22.7 Å². The Balaban J connectivity index is 1.97. The van der Waals surface area contributed by atoms with Gasteiger partial charge in [-0.1, -0.05) is 41.9 Å². The molecule has 0 aliphatic carbocycles. The summed E-state index contributed by atoms with van der Waals surface area (Å²) in [4.78, 5) is 0. The van der Waals surface area contributed by atoms with E-state index in [1.165, 1.54) is 6.07 Å². The maximum absolute atomic E-state index is 13.3. The lowest BCUT2D eigenvalue weighted by molar-refractivity contribution is 0.106. The quantitative estimate of drug-likeness (QED) is 0.770. The summed E-state index contributed by atoms with van der Waals surface area (Å²) in [7, 11) is 0. The number of ether oxygens (including phenoxy) is 1. The molecule has 2 aromatic carbocycles. The molecule has 0 aliphatic heterocycles. The van der Waals surface area contributed by atoms with Crippen molar-refractivity contribution in [2.24, 2.45) is 0 Å². The molecule has 0 saturated heterocycles. The molecule has 0 radical (unpaired) electrons. The first-order chi connectivity index (χ1) is 8.68. The Bertz CT molecular complexity index is 545. The predicted molar refractivity (Wildman–Crippen MR) is 74.0 cm³/mol. The van der Waals surface area contributed by atoms with Crippen LogP contribution in [0.3, 0.4) is 0 Å². The average Bonchev–Trinajstić information content (AvgIpc) is 2.37. The van der Waals surface area contributed by atoms with Crippen molar-refractivity contribution >= 4 is 27.5 Å². The molecule has 0 aliphatic rings. The van der Waals surface area contributed by atoms with E-state index in [9.17, 15) is 4.39 Å². The molecule has 0 unspecified atom stereocenters. The van der Waals surface area contributed by atoms with Gasteiger partial charge in [-0.25, -0.2) is 4.39 Å². The molecule has 1 nitrogen and oxygen atoms in total. The zero-order valence-corrected chi connectivity index (χ0v) is 11.8. The number of benzene rings is 2. The Labute approximate surface area is 119 Å². The Kier molecular flexibility index (Phi) is 4.75. The van der Waals surface area contributed by atoms with Gasteiger partial charge >= 0.3 is 0 Å². The van der Waals surface area contributed by atoms with E-state index in [2.05, 4.69) is 15.9 Å². The van der Waals surface area contributed by atoms with Gasteiger partial charge in [0.05, 0.1) is 17.7 Å². The fraction of sp³-hybridized carbons (Fsp3) is 0.143. The molecule has 0 heterocycles. The van der Waals surface area contributed by atoms with Crippen LogP contribution in [0.25, 0.3) is 0 Å². The molecule has 2 rings (SSSR count). The molecule has 0 bridgehead atoms. The third kappa shape index (κ3) is 3.31. The molecule has 4 heteroatoms. The minimum Gasteiger partial charge on any atom is -0.372 e. The molecule has 0 aromatic heterocycles. The Hall–Kier alpha value is -0.900. The standard InChI is InChI=1S/C14H11BrClFO/c15-14-11(5-3-7-13(14)17)9-18-8-10-4-1-2-6-12(10)16/h1-7H,8-9H2. The van der Waals surface area contributed by atoms with Gasteiger partial charge in [-0.2, -0.15) is 0 Å². The highest BCUT2D eigenvalue weighted by Crippen LogP contribution is 2.22. The molecule has 94 valence electrons. The molecular formula is C14H11BrClFO. The van der Waals surface area contributed by atoms with Gasteiger partial charge in [0, 0.05) is 5.02 Å². The SMILES string of the molecule is Fc1cccc(COCc2ccccc2Cl)c1Br. The summed E-state index contributed by atoms with van der Waals surface area (Å²) in [5, 5.41) is 0.677. The van der Waals surface area contributed by atoms with E-state index in [1.807, 2.05) is 30.3 Å².